The first-order valence-corrected chi connectivity index (χ1v) is 9.84. The van der Waals surface area contributed by atoms with Crippen LogP contribution >= 0.6 is 0 Å². The van der Waals surface area contributed by atoms with Crippen LogP contribution in [0.2, 0.25) is 0 Å². The lowest BCUT2D eigenvalue weighted by molar-refractivity contribution is -0.139. The predicted molar refractivity (Wildman–Crippen MR) is 98.8 cm³/mol. The van der Waals surface area contributed by atoms with Gasteiger partial charge in [0.2, 0.25) is 0 Å². The maximum Gasteiger partial charge on any atom is 0.419 e. The molecule has 0 amide bonds. The number of aromatic nitrogens is 2. The van der Waals surface area contributed by atoms with E-state index in [1.807, 2.05) is 4.57 Å². The summed E-state index contributed by atoms with van der Waals surface area (Å²) in [5.41, 5.74) is -0.844. The average molecular weight is 414 g/mol. The minimum atomic E-state index is -4.79. The number of imidazole rings is 1. The van der Waals surface area contributed by atoms with Crippen LogP contribution in [0.1, 0.15) is 30.1 Å². The summed E-state index contributed by atoms with van der Waals surface area (Å²) in [6.07, 6.45) is -2.52. The van der Waals surface area contributed by atoms with Gasteiger partial charge in [-0.05, 0) is 50.7 Å². The highest BCUT2D eigenvalue weighted by Crippen LogP contribution is 2.35. The number of piperidine rings is 1. The molecule has 29 heavy (non-hydrogen) atoms. The zero-order valence-corrected chi connectivity index (χ0v) is 15.9. The Balaban J connectivity index is 1.68. The molecule has 9 heteroatoms. The highest BCUT2D eigenvalue weighted by molar-refractivity contribution is 5.60. The number of hydrogen-bond acceptors (Lipinski definition) is 3. The van der Waals surface area contributed by atoms with E-state index in [9.17, 15) is 22.0 Å². The van der Waals surface area contributed by atoms with Crippen molar-refractivity contribution in [2.75, 3.05) is 32.7 Å². The van der Waals surface area contributed by atoms with E-state index in [-0.39, 0.29) is 12.1 Å². The summed E-state index contributed by atoms with van der Waals surface area (Å²) in [6, 6.07) is 2.86. The van der Waals surface area contributed by atoms with E-state index in [0.29, 0.717) is 31.0 Å². The summed E-state index contributed by atoms with van der Waals surface area (Å²) in [7, 11) is 0. The Bertz CT molecular complexity index is 859. The van der Waals surface area contributed by atoms with Crippen molar-refractivity contribution in [3.05, 3.63) is 41.6 Å². The Morgan fingerprint density at radius 2 is 1.97 bits per heavy atom. The third kappa shape index (κ3) is 4.30. The van der Waals surface area contributed by atoms with Gasteiger partial charge in [-0.2, -0.15) is 13.2 Å². The zero-order valence-electron chi connectivity index (χ0n) is 15.9. The molecule has 1 aromatic heterocycles. The molecule has 2 aromatic rings. The van der Waals surface area contributed by atoms with Crippen LogP contribution in [0.25, 0.3) is 11.3 Å². The smallest absolute Gasteiger partial charge is 0.333 e. The predicted octanol–water partition coefficient (Wildman–Crippen LogP) is 3.83. The SMILES string of the molecule is Fc1ccc(-c2cn(CCN3CCC3)c([C@@H]3CCNC[C@@H]3F)n2)cc1C(F)(F)F. The summed E-state index contributed by atoms with van der Waals surface area (Å²) >= 11 is 0. The van der Waals surface area contributed by atoms with Crippen molar-refractivity contribution >= 4 is 0 Å². The number of rotatable bonds is 5. The largest absolute Gasteiger partial charge is 0.419 e. The van der Waals surface area contributed by atoms with Crippen molar-refractivity contribution in [3.63, 3.8) is 0 Å². The molecule has 0 spiro atoms. The van der Waals surface area contributed by atoms with E-state index in [1.165, 1.54) is 6.07 Å². The summed E-state index contributed by atoms with van der Waals surface area (Å²) < 4.78 is 69.4. The molecule has 0 radical (unpaired) electrons. The topological polar surface area (TPSA) is 33.1 Å². The van der Waals surface area contributed by atoms with E-state index in [1.54, 1.807) is 6.20 Å². The molecule has 0 bridgehead atoms. The van der Waals surface area contributed by atoms with Crippen molar-refractivity contribution in [3.8, 4) is 11.3 Å². The van der Waals surface area contributed by atoms with Gasteiger partial charge >= 0.3 is 6.18 Å². The molecule has 2 saturated heterocycles. The van der Waals surface area contributed by atoms with E-state index in [2.05, 4.69) is 15.2 Å². The van der Waals surface area contributed by atoms with Crippen molar-refractivity contribution in [2.45, 2.75) is 37.7 Å². The Morgan fingerprint density at radius 1 is 1.17 bits per heavy atom. The quantitative estimate of drug-likeness (QED) is 0.755. The first-order chi connectivity index (χ1) is 13.8. The van der Waals surface area contributed by atoms with Crippen LogP contribution in [0.3, 0.4) is 0 Å². The second-order valence-electron chi connectivity index (χ2n) is 7.68. The average Bonchev–Trinajstić information content (AvgIpc) is 3.04. The van der Waals surface area contributed by atoms with Crippen molar-refractivity contribution in [1.29, 1.82) is 0 Å². The maximum absolute atomic E-state index is 14.6. The van der Waals surface area contributed by atoms with Gasteiger partial charge in [0.15, 0.2) is 0 Å². The van der Waals surface area contributed by atoms with Gasteiger partial charge in [0.25, 0.3) is 0 Å². The molecule has 1 N–H and O–H groups in total. The number of halogens is 5. The first kappa shape index (κ1) is 20.3. The number of alkyl halides is 4. The summed E-state index contributed by atoms with van der Waals surface area (Å²) in [5, 5.41) is 3.00. The lowest BCUT2D eigenvalue weighted by atomic mass is 9.95. The van der Waals surface area contributed by atoms with Crippen LogP contribution in [0, 0.1) is 5.82 Å². The standard InChI is InChI=1S/C20H23F5N4/c21-16-3-2-13(10-15(16)20(23,24)25)18-12-29(9-8-28-6-1-7-28)19(27-18)14-4-5-26-11-17(14)22/h2-3,10,12,14,17,26H,1,4-9,11H2/t14-,17+/m1/s1. The highest BCUT2D eigenvalue weighted by Gasteiger charge is 2.35. The van der Waals surface area contributed by atoms with Crippen LogP contribution in [-0.4, -0.2) is 53.3 Å². The van der Waals surface area contributed by atoms with Crippen LogP contribution in [0.15, 0.2) is 24.4 Å². The molecule has 2 aliphatic rings. The van der Waals surface area contributed by atoms with Crippen LogP contribution in [0.5, 0.6) is 0 Å². The number of nitrogens with zero attached hydrogens (tertiary/aromatic N) is 3. The van der Waals surface area contributed by atoms with Crippen LogP contribution in [-0.2, 0) is 12.7 Å². The number of nitrogens with one attached hydrogen (secondary N) is 1. The number of benzene rings is 1. The molecule has 0 saturated carbocycles. The number of hydrogen-bond donors (Lipinski definition) is 1. The fourth-order valence-corrected chi connectivity index (χ4v) is 3.91. The van der Waals surface area contributed by atoms with E-state index < -0.39 is 29.6 Å². The second-order valence-corrected chi connectivity index (χ2v) is 7.68. The minimum Gasteiger partial charge on any atom is -0.333 e. The van der Waals surface area contributed by atoms with Crippen LogP contribution in [0.4, 0.5) is 22.0 Å². The van der Waals surface area contributed by atoms with Gasteiger partial charge in [-0.1, -0.05) is 0 Å². The third-order valence-corrected chi connectivity index (χ3v) is 5.72. The maximum atomic E-state index is 14.6. The normalized spacial score (nSPS) is 23.2. The third-order valence-electron chi connectivity index (χ3n) is 5.72. The van der Waals surface area contributed by atoms with Crippen molar-refractivity contribution < 1.29 is 22.0 Å². The van der Waals surface area contributed by atoms with Gasteiger partial charge in [0.05, 0.1) is 17.2 Å². The summed E-state index contributed by atoms with van der Waals surface area (Å²) in [6.45, 7) is 4.29. The van der Waals surface area contributed by atoms with Crippen molar-refractivity contribution in [2.24, 2.45) is 0 Å². The van der Waals surface area contributed by atoms with Gasteiger partial charge in [-0.3, -0.25) is 0 Å². The summed E-state index contributed by atoms with van der Waals surface area (Å²) in [4.78, 5) is 6.78. The lowest BCUT2D eigenvalue weighted by Crippen LogP contribution is -2.40. The van der Waals surface area contributed by atoms with Gasteiger partial charge in [-0.15, -0.1) is 0 Å². The zero-order chi connectivity index (χ0) is 20.6. The molecule has 2 aliphatic heterocycles. The second kappa shape index (κ2) is 8.02. The fourth-order valence-electron chi connectivity index (χ4n) is 3.91. The van der Waals surface area contributed by atoms with Gasteiger partial charge in [-0.25, -0.2) is 13.8 Å². The first-order valence-electron chi connectivity index (χ1n) is 9.84. The Kier molecular flexibility index (Phi) is 5.61. The molecule has 4 nitrogen and oxygen atoms in total. The van der Waals surface area contributed by atoms with Gasteiger partial charge in [0, 0.05) is 31.4 Å². The molecule has 2 fully saturated rings. The molecule has 0 unspecified atom stereocenters. The number of likely N-dealkylation sites (tertiary alicyclic amines) is 1. The molecular formula is C20H23F5N4. The monoisotopic (exact) mass is 414 g/mol. The van der Waals surface area contributed by atoms with Crippen LogP contribution < -0.4 is 5.32 Å². The minimum absolute atomic E-state index is 0.173. The molecule has 158 valence electrons. The Hall–Kier alpha value is -2.00. The molecule has 1 aromatic carbocycles. The molecule has 3 heterocycles. The molecular weight excluding hydrogens is 391 g/mol. The van der Waals surface area contributed by atoms with E-state index in [4.69, 9.17) is 0 Å². The van der Waals surface area contributed by atoms with Gasteiger partial charge in [0.1, 0.15) is 17.8 Å². The Labute approximate surface area is 165 Å². The van der Waals surface area contributed by atoms with Gasteiger partial charge < -0.3 is 14.8 Å². The van der Waals surface area contributed by atoms with E-state index >= 15 is 0 Å². The molecule has 2 atom stereocenters. The summed E-state index contributed by atoms with van der Waals surface area (Å²) in [5.74, 6) is -1.18. The lowest BCUT2D eigenvalue weighted by Gasteiger charge is -2.31. The highest BCUT2D eigenvalue weighted by atomic mass is 19.4. The van der Waals surface area contributed by atoms with E-state index in [0.717, 1.165) is 38.2 Å². The Morgan fingerprint density at radius 3 is 2.62 bits per heavy atom. The van der Waals surface area contributed by atoms with Crippen molar-refractivity contribution in [1.82, 2.24) is 19.8 Å². The molecule has 4 rings (SSSR count). The fraction of sp³-hybridized carbons (Fsp3) is 0.550. The molecule has 0 aliphatic carbocycles.